The fourth-order valence-corrected chi connectivity index (χ4v) is 8.30. The molecule has 0 bridgehead atoms. The molecule has 17 heteroatoms. The van der Waals surface area contributed by atoms with Gasteiger partial charge in [0.25, 0.3) is 11.4 Å². The number of rotatable bonds is 11. The molecule has 0 saturated carbocycles. The lowest BCUT2D eigenvalue weighted by Crippen LogP contribution is -2.61. The second kappa shape index (κ2) is 13.5. The van der Waals surface area contributed by atoms with Gasteiger partial charge in [0.15, 0.2) is 0 Å². The van der Waals surface area contributed by atoms with Crippen molar-refractivity contribution in [2.45, 2.75) is 68.9 Å². The van der Waals surface area contributed by atoms with Gasteiger partial charge in [-0.05, 0) is 48.7 Å². The molecular formula is C32H33N5O11S. The topological polar surface area (TPSA) is 203 Å². The van der Waals surface area contributed by atoms with Crippen molar-refractivity contribution >= 4 is 47.0 Å². The number of hydrogen-bond acceptors (Lipinski definition) is 12. The van der Waals surface area contributed by atoms with Crippen LogP contribution in [0.5, 0.6) is 0 Å². The molecule has 4 aliphatic heterocycles. The van der Waals surface area contributed by atoms with Crippen molar-refractivity contribution in [1.29, 1.82) is 0 Å². The maximum Gasteiger partial charge on any atom is 0.410 e. The average Bonchev–Trinajstić information content (AvgIpc) is 3.63. The molecule has 2 aromatic rings. The third-order valence-electron chi connectivity index (χ3n) is 9.48. The fourth-order valence-electron chi connectivity index (χ4n) is 6.81. The monoisotopic (exact) mass is 695 g/mol. The molecule has 3 fully saturated rings. The van der Waals surface area contributed by atoms with E-state index < -0.39 is 45.9 Å². The summed E-state index contributed by atoms with van der Waals surface area (Å²) in [6, 6.07) is 10.1. The van der Waals surface area contributed by atoms with Crippen LogP contribution in [0.2, 0.25) is 0 Å². The average molecular weight is 696 g/mol. The normalized spacial score (nSPS) is 25.0. The molecule has 3 saturated heterocycles. The van der Waals surface area contributed by atoms with Crippen molar-refractivity contribution in [2.75, 3.05) is 13.6 Å². The minimum Gasteiger partial charge on any atom is -0.456 e. The molecular weight excluding hydrogens is 662 g/mol. The molecule has 16 nitrogen and oxygen atoms in total. The maximum atomic E-state index is 13.5. The van der Waals surface area contributed by atoms with Gasteiger partial charge in [0.2, 0.25) is 11.8 Å². The Bertz CT molecular complexity index is 1730. The van der Waals surface area contributed by atoms with Gasteiger partial charge in [0, 0.05) is 60.9 Å². The molecule has 49 heavy (non-hydrogen) atoms. The number of nitro groups is 2. The third-order valence-corrected chi connectivity index (χ3v) is 10.8. The first-order valence-corrected chi connectivity index (χ1v) is 16.5. The van der Waals surface area contributed by atoms with E-state index in [1.165, 1.54) is 72.1 Å². The number of aliphatic hydroxyl groups is 1. The van der Waals surface area contributed by atoms with E-state index in [0.717, 1.165) is 0 Å². The van der Waals surface area contributed by atoms with Crippen molar-refractivity contribution in [3.63, 3.8) is 0 Å². The Morgan fingerprint density at radius 3 is 2.00 bits per heavy atom. The summed E-state index contributed by atoms with van der Waals surface area (Å²) in [5.41, 5.74) is 0.953. The zero-order chi connectivity index (χ0) is 35.1. The number of carbonyl (C=O) groups excluding carboxylic acids is 4. The van der Waals surface area contributed by atoms with Crippen molar-refractivity contribution in [2.24, 2.45) is 5.92 Å². The molecule has 4 aliphatic rings. The van der Waals surface area contributed by atoms with Gasteiger partial charge in [-0.1, -0.05) is 0 Å². The first-order valence-electron chi connectivity index (χ1n) is 15.6. The molecule has 6 atom stereocenters. The number of hydrogen-bond donors (Lipinski definition) is 1. The number of aliphatic hydroxyl groups excluding tert-OH is 1. The number of esters is 1. The lowest BCUT2D eigenvalue weighted by molar-refractivity contribution is -0.385. The molecule has 0 radical (unpaired) electrons. The second-order valence-electron chi connectivity index (χ2n) is 12.5. The number of amides is 3. The Kier molecular flexibility index (Phi) is 9.30. The van der Waals surface area contributed by atoms with E-state index in [-0.39, 0.29) is 66.5 Å². The predicted octanol–water partition coefficient (Wildman–Crippen LogP) is 3.11. The van der Waals surface area contributed by atoms with Crippen LogP contribution in [-0.2, 0) is 37.1 Å². The van der Waals surface area contributed by atoms with Crippen LogP contribution in [0.3, 0.4) is 0 Å². The fraction of sp³-hybridized carbons (Fsp3) is 0.438. The summed E-state index contributed by atoms with van der Waals surface area (Å²) in [6.07, 6.45) is -0.517. The molecule has 2 aromatic carbocycles. The molecule has 0 spiro atoms. The van der Waals surface area contributed by atoms with Gasteiger partial charge in [-0.15, -0.1) is 11.8 Å². The standard InChI is InChI=1S/C32H33N5O11S/c1-17(38)28-25-12-26(29(35(25)30(28)40)31(41)47-15-18-3-7-20(8-4-18)36(43)44)49-22-11-24(23-13-27(39)33(23)2)34(14-22)32(42)48-16-19-5-9-21(10-6-19)37(45)46/h3-10,17,22-25,28,38H,11-16H2,1-2H3/t17-,22+,23?,24+,25-,28-/m1/s1. The van der Waals surface area contributed by atoms with Gasteiger partial charge in [-0.25, -0.2) is 9.59 Å². The van der Waals surface area contributed by atoms with E-state index in [9.17, 15) is 44.5 Å². The van der Waals surface area contributed by atoms with E-state index in [2.05, 4.69) is 0 Å². The Morgan fingerprint density at radius 1 is 0.918 bits per heavy atom. The Morgan fingerprint density at radius 2 is 1.49 bits per heavy atom. The van der Waals surface area contributed by atoms with Crippen LogP contribution in [0.4, 0.5) is 16.2 Å². The van der Waals surface area contributed by atoms with E-state index in [4.69, 9.17) is 9.47 Å². The van der Waals surface area contributed by atoms with E-state index in [1.54, 1.807) is 16.8 Å². The molecule has 1 N–H and O–H groups in total. The number of ether oxygens (including phenoxy) is 2. The van der Waals surface area contributed by atoms with Crippen LogP contribution in [0.15, 0.2) is 59.1 Å². The Balaban J connectivity index is 1.18. The molecule has 3 amide bonds. The summed E-state index contributed by atoms with van der Waals surface area (Å²) >= 11 is 1.35. The van der Waals surface area contributed by atoms with Crippen molar-refractivity contribution in [3.05, 3.63) is 90.5 Å². The summed E-state index contributed by atoms with van der Waals surface area (Å²) in [4.78, 5) is 78.2. The molecule has 4 heterocycles. The number of β-lactam (4-membered cyclic amide) rings is 2. The molecule has 0 aliphatic carbocycles. The number of likely N-dealkylation sites (tertiary alicyclic amines) is 2. The SMILES string of the molecule is C[C@@H](O)[C@H]1C(=O)N2C(C(=O)OCc3ccc([N+](=O)[O-])cc3)=C(S[C@H]3C[C@@H](C4CC(=O)N4C)N(C(=O)OCc4ccc([N+](=O)[O-])cc4)C3)C[C@H]12. The maximum absolute atomic E-state index is 13.5. The van der Waals surface area contributed by atoms with Crippen molar-refractivity contribution < 1.29 is 43.6 Å². The number of benzene rings is 2. The summed E-state index contributed by atoms with van der Waals surface area (Å²) in [5, 5.41) is 32.0. The Labute approximate surface area is 283 Å². The number of thioether (sulfide) groups is 1. The lowest BCUT2D eigenvalue weighted by atomic mass is 9.83. The van der Waals surface area contributed by atoms with Crippen LogP contribution >= 0.6 is 11.8 Å². The molecule has 258 valence electrons. The van der Waals surface area contributed by atoms with Gasteiger partial charge in [-0.2, -0.15) is 0 Å². The third kappa shape index (κ3) is 6.55. The van der Waals surface area contributed by atoms with Crippen LogP contribution in [0.1, 0.15) is 37.3 Å². The van der Waals surface area contributed by atoms with Gasteiger partial charge >= 0.3 is 12.1 Å². The smallest absolute Gasteiger partial charge is 0.410 e. The highest BCUT2D eigenvalue weighted by atomic mass is 32.2. The zero-order valence-electron chi connectivity index (χ0n) is 26.5. The van der Waals surface area contributed by atoms with Gasteiger partial charge in [0.1, 0.15) is 18.9 Å². The summed E-state index contributed by atoms with van der Waals surface area (Å²) in [5.74, 6) is -1.89. The quantitative estimate of drug-likeness (QED) is 0.156. The summed E-state index contributed by atoms with van der Waals surface area (Å²) in [7, 11) is 1.67. The highest BCUT2D eigenvalue weighted by Crippen LogP contribution is 2.50. The Hall–Kier alpha value is -5.03. The van der Waals surface area contributed by atoms with E-state index >= 15 is 0 Å². The van der Waals surface area contributed by atoms with Crippen LogP contribution < -0.4 is 0 Å². The van der Waals surface area contributed by atoms with Crippen LogP contribution in [0, 0.1) is 26.1 Å². The molecule has 0 aromatic heterocycles. The largest absolute Gasteiger partial charge is 0.456 e. The minimum absolute atomic E-state index is 0.0519. The highest BCUT2D eigenvalue weighted by Gasteiger charge is 2.58. The van der Waals surface area contributed by atoms with Gasteiger partial charge in [-0.3, -0.25) is 29.8 Å². The highest BCUT2D eigenvalue weighted by molar-refractivity contribution is 8.03. The summed E-state index contributed by atoms with van der Waals surface area (Å²) in [6.45, 7) is 1.44. The zero-order valence-corrected chi connectivity index (χ0v) is 27.3. The first-order chi connectivity index (χ1) is 23.3. The van der Waals surface area contributed by atoms with E-state index in [0.29, 0.717) is 28.9 Å². The van der Waals surface area contributed by atoms with Crippen LogP contribution in [-0.4, -0.2) is 96.6 Å². The van der Waals surface area contributed by atoms with Gasteiger partial charge in [0.05, 0.1) is 40.0 Å². The van der Waals surface area contributed by atoms with Crippen molar-refractivity contribution in [1.82, 2.24) is 14.7 Å². The van der Waals surface area contributed by atoms with Crippen LogP contribution in [0.25, 0.3) is 0 Å². The summed E-state index contributed by atoms with van der Waals surface area (Å²) < 4.78 is 11.2. The minimum atomic E-state index is -0.931. The number of nitro benzene ring substituents is 2. The van der Waals surface area contributed by atoms with E-state index in [1.807, 2.05) is 0 Å². The first kappa shape index (κ1) is 33.9. The predicted molar refractivity (Wildman–Crippen MR) is 171 cm³/mol. The molecule has 1 unspecified atom stereocenters. The number of likely N-dealkylation sites (N-methyl/N-ethyl adjacent to an activating group) is 1. The second-order valence-corrected chi connectivity index (χ2v) is 13.9. The number of carbonyl (C=O) groups is 4. The number of fused-ring (bicyclic) bond motifs is 1. The number of non-ortho nitro benzene ring substituents is 2. The lowest BCUT2D eigenvalue weighted by Gasteiger charge is -2.44. The number of nitrogens with zero attached hydrogens (tertiary/aromatic N) is 5. The van der Waals surface area contributed by atoms with Gasteiger partial charge < -0.3 is 29.3 Å². The molecule has 6 rings (SSSR count). The van der Waals surface area contributed by atoms with Crippen molar-refractivity contribution in [3.8, 4) is 0 Å².